The molecule has 1 N–H and O–H groups in total. The first-order valence-electron chi connectivity index (χ1n) is 17.4. The van der Waals surface area contributed by atoms with Gasteiger partial charge >= 0.3 is 0 Å². The molecule has 0 aliphatic carbocycles. The maximum absolute atomic E-state index is 16.4. The van der Waals surface area contributed by atoms with Crippen LogP contribution in [0.1, 0.15) is 60.9 Å². The van der Waals surface area contributed by atoms with Gasteiger partial charge in [-0.25, -0.2) is 0 Å². The minimum absolute atomic E-state index is 0.105. The SMILES string of the molecule is C[C@@H]1[C@@H]([Si](C)(C)F)[C@H](CCn2cc(C(CO)c3ccccc3)nn2)O[C@@]12C(=O)N(Cc1cccc(N3CCCCC3=O)c1)c1ccc(Br)cc12. The summed E-state index contributed by atoms with van der Waals surface area (Å²) in [5.74, 6) is -0.807. The predicted molar refractivity (Wildman–Crippen MR) is 196 cm³/mol. The summed E-state index contributed by atoms with van der Waals surface area (Å²) in [4.78, 5) is 31.1. The lowest BCUT2D eigenvalue weighted by Gasteiger charge is -2.31. The molecule has 3 aliphatic rings. The van der Waals surface area contributed by atoms with E-state index in [9.17, 15) is 14.7 Å². The van der Waals surface area contributed by atoms with E-state index in [0.29, 0.717) is 38.2 Å². The molecule has 262 valence electrons. The van der Waals surface area contributed by atoms with Crippen molar-refractivity contribution in [3.8, 4) is 0 Å². The van der Waals surface area contributed by atoms with E-state index in [0.717, 1.165) is 45.4 Å². The van der Waals surface area contributed by atoms with E-state index in [1.807, 2.05) is 90.8 Å². The minimum atomic E-state index is -3.36. The minimum Gasteiger partial charge on any atom is -0.395 e. The molecule has 9 nitrogen and oxygen atoms in total. The maximum Gasteiger partial charge on any atom is 0.264 e. The van der Waals surface area contributed by atoms with E-state index >= 15 is 4.11 Å². The molecule has 2 saturated heterocycles. The van der Waals surface area contributed by atoms with Crippen LogP contribution in [0.2, 0.25) is 18.6 Å². The lowest BCUT2D eigenvalue weighted by Crippen LogP contribution is -2.45. The zero-order valence-corrected chi connectivity index (χ0v) is 31.2. The first-order valence-corrected chi connectivity index (χ1v) is 21.2. The highest BCUT2D eigenvalue weighted by molar-refractivity contribution is 9.10. The molecule has 3 aromatic carbocycles. The molecule has 0 radical (unpaired) electrons. The molecule has 3 aliphatic heterocycles. The Morgan fingerprint density at radius 2 is 1.88 bits per heavy atom. The van der Waals surface area contributed by atoms with Gasteiger partial charge in [0.05, 0.1) is 36.6 Å². The van der Waals surface area contributed by atoms with Crippen LogP contribution in [0.4, 0.5) is 15.5 Å². The number of carbonyl (C=O) groups is 2. The van der Waals surface area contributed by atoms with E-state index in [-0.39, 0.29) is 24.3 Å². The van der Waals surface area contributed by atoms with Crippen molar-refractivity contribution in [3.05, 3.63) is 106 Å². The summed E-state index contributed by atoms with van der Waals surface area (Å²) in [7, 11) is -3.36. The molecule has 0 saturated carbocycles. The second-order valence-electron chi connectivity index (χ2n) is 14.3. The lowest BCUT2D eigenvalue weighted by molar-refractivity contribution is -0.146. The van der Waals surface area contributed by atoms with E-state index in [1.54, 1.807) is 22.7 Å². The van der Waals surface area contributed by atoms with Crippen LogP contribution >= 0.6 is 15.9 Å². The van der Waals surface area contributed by atoms with Crippen molar-refractivity contribution in [3.63, 3.8) is 0 Å². The molecular weight excluding hydrogens is 717 g/mol. The average molecular weight is 761 g/mol. The van der Waals surface area contributed by atoms with Gasteiger partial charge in [-0.2, -0.15) is 0 Å². The highest BCUT2D eigenvalue weighted by Crippen LogP contribution is 2.60. The molecular formula is C38H43BrFN5O4Si. The van der Waals surface area contributed by atoms with Gasteiger partial charge < -0.3 is 23.8 Å². The number of halogens is 2. The normalized spacial score (nSPS) is 24.3. The molecule has 4 heterocycles. The predicted octanol–water partition coefficient (Wildman–Crippen LogP) is 7.09. The Balaban J connectivity index is 1.17. The molecule has 12 heteroatoms. The number of ether oxygens (including phenoxy) is 1. The summed E-state index contributed by atoms with van der Waals surface area (Å²) in [6.45, 7) is 6.67. The van der Waals surface area contributed by atoms with Crippen molar-refractivity contribution < 1.29 is 23.5 Å². The molecule has 7 rings (SSSR count). The fourth-order valence-corrected chi connectivity index (χ4v) is 11.3. The van der Waals surface area contributed by atoms with Crippen LogP contribution < -0.4 is 9.80 Å². The summed E-state index contributed by atoms with van der Waals surface area (Å²) in [5, 5.41) is 18.9. The van der Waals surface area contributed by atoms with Crippen molar-refractivity contribution in [2.45, 2.75) is 82.0 Å². The Hall–Kier alpha value is -3.71. The Kier molecular flexibility index (Phi) is 9.57. The highest BCUT2D eigenvalue weighted by atomic mass is 79.9. The van der Waals surface area contributed by atoms with Crippen LogP contribution in [0, 0.1) is 5.92 Å². The molecule has 2 fully saturated rings. The number of carbonyl (C=O) groups excluding carboxylic acids is 2. The van der Waals surface area contributed by atoms with Crippen LogP contribution in [-0.4, -0.2) is 59.6 Å². The molecule has 1 spiro atoms. The number of hydrogen-bond acceptors (Lipinski definition) is 6. The number of hydrogen-bond donors (Lipinski definition) is 1. The number of aliphatic hydroxyl groups is 1. The fourth-order valence-electron chi connectivity index (χ4n) is 8.43. The van der Waals surface area contributed by atoms with Gasteiger partial charge in [-0.3, -0.25) is 14.3 Å². The zero-order chi connectivity index (χ0) is 35.2. The van der Waals surface area contributed by atoms with Gasteiger partial charge in [0.25, 0.3) is 5.91 Å². The largest absolute Gasteiger partial charge is 0.395 e. The van der Waals surface area contributed by atoms with Crippen LogP contribution in [0.3, 0.4) is 0 Å². The first-order chi connectivity index (χ1) is 24.0. The second-order valence-corrected chi connectivity index (χ2v) is 19.0. The third-order valence-corrected chi connectivity index (χ3v) is 13.7. The van der Waals surface area contributed by atoms with Gasteiger partial charge in [0.15, 0.2) is 5.60 Å². The highest BCUT2D eigenvalue weighted by Gasteiger charge is 2.66. The van der Waals surface area contributed by atoms with E-state index in [1.165, 1.54) is 0 Å². The van der Waals surface area contributed by atoms with Crippen molar-refractivity contribution >= 4 is 47.5 Å². The van der Waals surface area contributed by atoms with Crippen LogP contribution in [0.5, 0.6) is 0 Å². The fraction of sp³-hybridized carbons (Fsp3) is 0.421. The number of piperidine rings is 1. The van der Waals surface area contributed by atoms with E-state index in [2.05, 4.69) is 26.2 Å². The van der Waals surface area contributed by atoms with Crippen molar-refractivity contribution in [2.24, 2.45) is 5.92 Å². The molecule has 1 aromatic heterocycles. The summed E-state index contributed by atoms with van der Waals surface area (Å²) >= 11 is 3.62. The van der Waals surface area contributed by atoms with Gasteiger partial charge in [-0.1, -0.05) is 70.5 Å². The van der Waals surface area contributed by atoms with Gasteiger partial charge in [-0.05, 0) is 73.8 Å². The quantitative estimate of drug-likeness (QED) is 0.137. The molecule has 50 heavy (non-hydrogen) atoms. The monoisotopic (exact) mass is 759 g/mol. The van der Waals surface area contributed by atoms with E-state index in [4.69, 9.17) is 4.74 Å². The van der Waals surface area contributed by atoms with Crippen LogP contribution in [-0.2, 0) is 33.0 Å². The van der Waals surface area contributed by atoms with Crippen molar-refractivity contribution in [2.75, 3.05) is 23.0 Å². The van der Waals surface area contributed by atoms with Gasteiger partial charge in [0, 0.05) is 52.9 Å². The Morgan fingerprint density at radius 1 is 1.08 bits per heavy atom. The Bertz CT molecular complexity index is 1890. The maximum atomic E-state index is 16.4. The Morgan fingerprint density at radius 3 is 2.62 bits per heavy atom. The number of aliphatic hydroxyl groups excluding tert-OH is 1. The number of amides is 2. The van der Waals surface area contributed by atoms with Crippen molar-refractivity contribution in [1.29, 1.82) is 0 Å². The molecule has 2 amide bonds. The number of fused-ring (bicyclic) bond motifs is 2. The first kappa shape index (κ1) is 34.7. The summed E-state index contributed by atoms with van der Waals surface area (Å²) < 4.78 is 25.9. The molecule has 0 bridgehead atoms. The standard InChI is InChI=1S/C38H43BrFN5O4Si/c1-25-36(50(2,3)40)34(17-19-43-23-32(41-42-43)30(24-46)27-11-5-4-6-12-27)49-38(25)31-21-28(39)15-16-33(31)45(37(38)48)22-26-10-9-13-29(20-26)44-18-8-7-14-35(44)47/h4-6,9-13,15-16,20-21,23,25,30,34,36,46H,7-8,14,17-19,22,24H2,1-3H3/t25-,30?,34+,36-,38+/m1/s1. The van der Waals surface area contributed by atoms with Crippen LogP contribution in [0.15, 0.2) is 83.5 Å². The van der Waals surface area contributed by atoms with Gasteiger partial charge in [0.1, 0.15) is 0 Å². The number of anilines is 2. The molecule has 1 unspecified atom stereocenters. The second kappa shape index (κ2) is 13.8. The van der Waals surface area contributed by atoms with Crippen molar-refractivity contribution in [1.82, 2.24) is 15.0 Å². The van der Waals surface area contributed by atoms with E-state index < -0.39 is 31.6 Å². The topological polar surface area (TPSA) is 101 Å². The summed E-state index contributed by atoms with van der Waals surface area (Å²) in [6.07, 6.45) is 4.15. The summed E-state index contributed by atoms with van der Waals surface area (Å²) in [5.41, 5.74) is 3.03. The zero-order valence-electron chi connectivity index (χ0n) is 28.6. The summed E-state index contributed by atoms with van der Waals surface area (Å²) in [6, 6.07) is 23.3. The number of benzene rings is 3. The average Bonchev–Trinajstić information content (AvgIpc) is 3.75. The molecule has 4 aromatic rings. The smallest absolute Gasteiger partial charge is 0.264 e. The Labute approximate surface area is 301 Å². The lowest BCUT2D eigenvalue weighted by atomic mass is 9.82. The number of aromatic nitrogens is 3. The van der Waals surface area contributed by atoms with Crippen LogP contribution in [0.25, 0.3) is 0 Å². The third kappa shape index (κ3) is 6.24. The molecule has 5 atom stereocenters. The van der Waals surface area contributed by atoms with Gasteiger partial charge in [-0.15, -0.1) is 5.10 Å². The third-order valence-electron chi connectivity index (χ3n) is 10.7. The number of nitrogens with zero attached hydrogens (tertiary/aromatic N) is 5. The number of aryl methyl sites for hydroxylation is 1. The number of rotatable bonds is 10. The van der Waals surface area contributed by atoms with Gasteiger partial charge in [0.2, 0.25) is 14.3 Å².